The highest BCUT2D eigenvalue weighted by Crippen LogP contribution is 2.40. The summed E-state index contributed by atoms with van der Waals surface area (Å²) in [7, 11) is -4.30. The minimum Gasteiger partial charge on any atom is -0.569 e. The molecule has 0 saturated heterocycles. The molecule has 0 radical (unpaired) electrons. The van der Waals surface area contributed by atoms with Gasteiger partial charge in [0.2, 0.25) is 0 Å². The van der Waals surface area contributed by atoms with Gasteiger partial charge in [0.15, 0.2) is 14.7 Å². The third-order valence-electron chi connectivity index (χ3n) is 4.58. The fourth-order valence-corrected chi connectivity index (χ4v) is 6.34. The van der Waals surface area contributed by atoms with Crippen molar-refractivity contribution in [2.24, 2.45) is 0 Å². The van der Waals surface area contributed by atoms with Crippen LogP contribution in [-0.2, 0) is 20.9 Å². The molecule has 4 rings (SSSR count). The molecule has 0 aliphatic heterocycles. The van der Waals surface area contributed by atoms with E-state index in [-0.39, 0.29) is 4.90 Å². The van der Waals surface area contributed by atoms with Crippen molar-refractivity contribution in [3.05, 3.63) is 119 Å². The van der Waals surface area contributed by atoms with Crippen LogP contribution in [0.15, 0.2) is 129 Å². The van der Waals surface area contributed by atoms with Gasteiger partial charge < -0.3 is 4.72 Å². The van der Waals surface area contributed by atoms with E-state index in [1.165, 1.54) is 0 Å². The summed E-state index contributed by atoms with van der Waals surface area (Å²) in [6.07, 6.45) is 0. The normalized spacial score (nSPS) is 11.4. The van der Waals surface area contributed by atoms with E-state index in [4.69, 9.17) is 0 Å². The van der Waals surface area contributed by atoms with E-state index in [0.29, 0.717) is 5.69 Å². The number of aryl methyl sites for hydroxylation is 1. The fourth-order valence-electron chi connectivity index (χ4n) is 3.10. The van der Waals surface area contributed by atoms with E-state index >= 15 is 0 Å². The lowest BCUT2D eigenvalue weighted by Crippen LogP contribution is -2.06. The van der Waals surface area contributed by atoms with Gasteiger partial charge in [-0.3, -0.25) is 0 Å². The second-order valence-electron chi connectivity index (χ2n) is 6.78. The van der Waals surface area contributed by atoms with Gasteiger partial charge in [0.1, 0.15) is 10.0 Å². The van der Waals surface area contributed by atoms with Crippen LogP contribution in [-0.4, -0.2) is 8.42 Å². The third-order valence-corrected chi connectivity index (χ3v) is 8.16. The molecular formula is C25H21NO2S2. The van der Waals surface area contributed by atoms with E-state index in [1.807, 2.05) is 61.5 Å². The monoisotopic (exact) mass is 431 g/mol. The summed E-state index contributed by atoms with van der Waals surface area (Å²) in [5, 5.41) is 0. The second kappa shape index (κ2) is 8.78. The van der Waals surface area contributed by atoms with E-state index in [1.54, 1.807) is 30.3 Å². The SMILES string of the molecule is Cc1ccc(S(=O)(=O)[N-]c2ccccc2[S+](c2ccccc2)c2ccccc2)cc1. The molecular weight excluding hydrogens is 410 g/mol. The predicted octanol–water partition coefficient (Wildman–Crippen LogP) is 6.48. The molecule has 5 heteroatoms. The lowest BCUT2D eigenvalue weighted by atomic mass is 10.2. The fraction of sp³-hybridized carbons (Fsp3) is 0.0400. The van der Waals surface area contributed by atoms with Crippen molar-refractivity contribution in [3.63, 3.8) is 0 Å². The summed E-state index contributed by atoms with van der Waals surface area (Å²) in [4.78, 5) is 3.30. The Kier molecular flexibility index (Phi) is 5.93. The molecule has 0 amide bonds. The predicted molar refractivity (Wildman–Crippen MR) is 123 cm³/mol. The number of rotatable bonds is 6. The van der Waals surface area contributed by atoms with Gasteiger partial charge in [0, 0.05) is 0 Å². The summed E-state index contributed by atoms with van der Waals surface area (Å²) < 4.78 is 30.2. The average molecular weight is 432 g/mol. The van der Waals surface area contributed by atoms with Gasteiger partial charge in [-0.2, -0.15) is 0 Å². The largest absolute Gasteiger partial charge is 0.569 e. The van der Waals surface area contributed by atoms with Gasteiger partial charge in [-0.25, -0.2) is 8.42 Å². The van der Waals surface area contributed by atoms with Gasteiger partial charge in [-0.05, 0) is 49.4 Å². The van der Waals surface area contributed by atoms with Crippen LogP contribution in [0, 0.1) is 6.92 Å². The number of hydrogen-bond donors (Lipinski definition) is 0. The highest BCUT2D eigenvalue weighted by molar-refractivity contribution is 7.97. The molecule has 0 aliphatic rings. The Labute approximate surface area is 180 Å². The van der Waals surface area contributed by atoms with Crippen LogP contribution in [0.3, 0.4) is 0 Å². The first kappa shape index (κ1) is 20.3. The first-order valence-electron chi connectivity index (χ1n) is 9.53. The molecule has 4 aromatic carbocycles. The molecule has 3 nitrogen and oxygen atoms in total. The molecule has 0 atom stereocenters. The van der Waals surface area contributed by atoms with Crippen molar-refractivity contribution < 1.29 is 8.42 Å². The molecule has 0 unspecified atom stereocenters. The number of sulfonamides is 1. The van der Waals surface area contributed by atoms with Crippen molar-refractivity contribution in [1.82, 2.24) is 0 Å². The summed E-state index contributed by atoms with van der Waals surface area (Å²) in [6.45, 7) is 1.92. The van der Waals surface area contributed by atoms with Crippen LogP contribution in [0.5, 0.6) is 0 Å². The Balaban J connectivity index is 1.80. The van der Waals surface area contributed by atoms with Gasteiger partial charge in [0.05, 0.1) is 15.8 Å². The number of nitrogens with zero attached hydrogens (tertiary/aromatic N) is 1. The molecule has 0 N–H and O–H groups in total. The quantitative estimate of drug-likeness (QED) is 0.328. The van der Waals surface area contributed by atoms with Crippen molar-refractivity contribution in [1.29, 1.82) is 0 Å². The van der Waals surface area contributed by atoms with Crippen LogP contribution in [0.1, 0.15) is 5.56 Å². The lowest BCUT2D eigenvalue weighted by molar-refractivity contribution is 0.603. The maximum absolute atomic E-state index is 13.0. The molecule has 30 heavy (non-hydrogen) atoms. The Morgan fingerprint density at radius 2 is 1.13 bits per heavy atom. The van der Waals surface area contributed by atoms with Crippen LogP contribution < -0.4 is 0 Å². The number of benzene rings is 4. The molecule has 4 aromatic rings. The topological polar surface area (TPSA) is 48.2 Å². The van der Waals surface area contributed by atoms with Crippen molar-refractivity contribution in [2.75, 3.05) is 0 Å². The van der Waals surface area contributed by atoms with Gasteiger partial charge in [-0.1, -0.05) is 78.0 Å². The number of hydrogen-bond acceptors (Lipinski definition) is 2. The van der Waals surface area contributed by atoms with Crippen LogP contribution >= 0.6 is 0 Å². The molecule has 0 bridgehead atoms. The maximum Gasteiger partial charge on any atom is 0.166 e. The minimum absolute atomic E-state index is 0.196. The summed E-state index contributed by atoms with van der Waals surface area (Å²) in [5.41, 5.74) is 1.47. The van der Waals surface area contributed by atoms with Gasteiger partial charge in [0.25, 0.3) is 0 Å². The molecule has 0 spiro atoms. The highest BCUT2D eigenvalue weighted by atomic mass is 32.2. The first-order chi connectivity index (χ1) is 14.5. The molecule has 0 saturated carbocycles. The first-order valence-corrected chi connectivity index (χ1v) is 12.2. The summed E-state index contributed by atoms with van der Waals surface area (Å²) >= 11 is 0. The van der Waals surface area contributed by atoms with Crippen molar-refractivity contribution in [2.45, 2.75) is 26.5 Å². The van der Waals surface area contributed by atoms with Crippen LogP contribution in [0.4, 0.5) is 5.69 Å². The Hall–Kier alpha value is -3.02. The Morgan fingerprint density at radius 3 is 1.70 bits per heavy atom. The minimum atomic E-state index is -3.82. The Bertz CT molecular complexity index is 1180. The highest BCUT2D eigenvalue weighted by Gasteiger charge is 2.29. The average Bonchev–Trinajstić information content (AvgIpc) is 2.77. The second-order valence-corrected chi connectivity index (χ2v) is 10.4. The zero-order valence-electron chi connectivity index (χ0n) is 16.5. The van der Waals surface area contributed by atoms with Crippen LogP contribution in [0.25, 0.3) is 4.72 Å². The van der Waals surface area contributed by atoms with Crippen LogP contribution in [0.2, 0.25) is 0 Å². The van der Waals surface area contributed by atoms with E-state index in [2.05, 4.69) is 29.0 Å². The van der Waals surface area contributed by atoms with Crippen molar-refractivity contribution in [3.8, 4) is 0 Å². The molecule has 0 aromatic heterocycles. The molecule has 150 valence electrons. The maximum atomic E-state index is 13.0. The van der Waals surface area contributed by atoms with Crippen molar-refractivity contribution >= 4 is 26.6 Å². The van der Waals surface area contributed by atoms with E-state index < -0.39 is 20.9 Å². The lowest BCUT2D eigenvalue weighted by Gasteiger charge is -2.24. The van der Waals surface area contributed by atoms with Gasteiger partial charge in [-0.15, -0.1) is 0 Å². The zero-order chi connectivity index (χ0) is 21.0. The van der Waals surface area contributed by atoms with Gasteiger partial charge >= 0.3 is 0 Å². The molecule has 0 aliphatic carbocycles. The Morgan fingerprint density at radius 1 is 0.633 bits per heavy atom. The molecule has 0 fully saturated rings. The van der Waals surface area contributed by atoms with E-state index in [0.717, 1.165) is 20.2 Å². The smallest absolute Gasteiger partial charge is 0.166 e. The third kappa shape index (κ3) is 4.42. The summed E-state index contributed by atoms with van der Waals surface area (Å²) in [6, 6.07) is 34.5. The zero-order valence-corrected chi connectivity index (χ0v) is 18.1. The van der Waals surface area contributed by atoms with E-state index in [9.17, 15) is 8.42 Å². The summed E-state index contributed by atoms with van der Waals surface area (Å²) in [5.74, 6) is 0. The molecule has 0 heterocycles. The standard InChI is InChI=1S/C25H21NO2S2/c1-20-16-18-23(19-17-20)30(27,28)26-24-14-8-9-15-25(24)29(21-10-4-2-5-11-21)22-12-6-3-7-13-22/h2-19H,1H3.